The van der Waals surface area contributed by atoms with Crippen LogP contribution in [0.3, 0.4) is 0 Å². The van der Waals surface area contributed by atoms with E-state index in [0.29, 0.717) is 5.41 Å². The van der Waals surface area contributed by atoms with Crippen molar-refractivity contribution in [2.75, 3.05) is 13.1 Å². The van der Waals surface area contributed by atoms with Gasteiger partial charge in [0, 0.05) is 29.1 Å². The number of aryl methyl sites for hydroxylation is 1. The number of aromatic amines is 1. The van der Waals surface area contributed by atoms with Crippen LogP contribution in [0, 0.1) is 12.8 Å². The van der Waals surface area contributed by atoms with Gasteiger partial charge in [-0.15, -0.1) is 0 Å². The van der Waals surface area contributed by atoms with Crippen molar-refractivity contribution < 1.29 is 0 Å². The first-order valence-electron chi connectivity index (χ1n) is 6.09. The predicted molar refractivity (Wildman–Crippen MR) is 65.7 cm³/mol. The summed E-state index contributed by atoms with van der Waals surface area (Å²) >= 11 is 0. The van der Waals surface area contributed by atoms with E-state index >= 15 is 0 Å². The molecule has 0 spiro atoms. The fourth-order valence-electron chi connectivity index (χ4n) is 3.48. The molecular weight excluding hydrogens is 196 g/mol. The summed E-state index contributed by atoms with van der Waals surface area (Å²) in [6.07, 6.45) is 3.62. The Bertz CT molecular complexity index is 569. The molecule has 1 aliphatic heterocycles. The van der Waals surface area contributed by atoms with E-state index in [1.165, 1.54) is 36.0 Å². The van der Waals surface area contributed by atoms with Gasteiger partial charge < -0.3 is 10.3 Å². The van der Waals surface area contributed by atoms with Crippen LogP contribution in [0.2, 0.25) is 0 Å². The minimum absolute atomic E-state index is 0.464. The third-order valence-electron chi connectivity index (χ3n) is 4.52. The van der Waals surface area contributed by atoms with Gasteiger partial charge in [0.2, 0.25) is 0 Å². The Morgan fingerprint density at radius 1 is 1.38 bits per heavy atom. The van der Waals surface area contributed by atoms with Gasteiger partial charge in [0.15, 0.2) is 0 Å². The first-order valence-corrected chi connectivity index (χ1v) is 6.09. The van der Waals surface area contributed by atoms with Crippen molar-refractivity contribution in [3.63, 3.8) is 0 Å². The molecule has 2 N–H and O–H groups in total. The lowest BCUT2D eigenvalue weighted by molar-refractivity contribution is 0.680. The second kappa shape index (κ2) is 2.69. The SMILES string of the molecule is Cc1cccc2c(C34CNC[C@@H]3C4)c[nH]c12. The second-order valence-electron chi connectivity index (χ2n) is 5.39. The molecule has 2 heterocycles. The lowest BCUT2D eigenvalue weighted by atomic mass is 9.94. The topological polar surface area (TPSA) is 27.8 Å². The Morgan fingerprint density at radius 2 is 2.31 bits per heavy atom. The molecule has 2 nitrogen and oxygen atoms in total. The van der Waals surface area contributed by atoms with Crippen LogP contribution >= 0.6 is 0 Å². The molecule has 82 valence electrons. The predicted octanol–water partition coefficient (Wildman–Crippen LogP) is 2.34. The largest absolute Gasteiger partial charge is 0.361 e. The summed E-state index contributed by atoms with van der Waals surface area (Å²) in [6, 6.07) is 6.61. The van der Waals surface area contributed by atoms with E-state index in [1.54, 1.807) is 5.56 Å². The fraction of sp³-hybridized carbons (Fsp3) is 0.429. The molecular formula is C14H16N2. The molecule has 0 amide bonds. The van der Waals surface area contributed by atoms with E-state index in [9.17, 15) is 0 Å². The fourth-order valence-corrected chi connectivity index (χ4v) is 3.48. The van der Waals surface area contributed by atoms with Crippen LogP contribution in [0.5, 0.6) is 0 Å². The number of fused-ring (bicyclic) bond motifs is 2. The standard InChI is InChI=1S/C14H16N2/c1-9-3-2-4-11-12(7-16-13(9)11)14-5-10(14)6-15-8-14/h2-4,7,10,15-16H,5-6,8H2,1H3/t10-,14?/m0/s1. The Labute approximate surface area is 95.1 Å². The molecule has 1 saturated carbocycles. The van der Waals surface area contributed by atoms with Gasteiger partial charge in [-0.2, -0.15) is 0 Å². The third-order valence-corrected chi connectivity index (χ3v) is 4.52. The summed E-state index contributed by atoms with van der Waals surface area (Å²) in [5, 5.41) is 4.95. The second-order valence-corrected chi connectivity index (χ2v) is 5.39. The molecule has 16 heavy (non-hydrogen) atoms. The van der Waals surface area contributed by atoms with Crippen molar-refractivity contribution in [3.05, 3.63) is 35.5 Å². The van der Waals surface area contributed by atoms with Crippen LogP contribution in [-0.2, 0) is 5.41 Å². The number of rotatable bonds is 1. The highest BCUT2D eigenvalue weighted by atomic mass is 15.0. The maximum absolute atomic E-state index is 3.52. The monoisotopic (exact) mass is 212 g/mol. The molecule has 1 aromatic heterocycles. The van der Waals surface area contributed by atoms with Crippen molar-refractivity contribution in [2.24, 2.45) is 5.92 Å². The van der Waals surface area contributed by atoms with Gasteiger partial charge in [0.05, 0.1) is 0 Å². The molecule has 1 unspecified atom stereocenters. The van der Waals surface area contributed by atoms with Gasteiger partial charge in [-0.1, -0.05) is 18.2 Å². The summed E-state index contributed by atoms with van der Waals surface area (Å²) in [6.45, 7) is 4.55. The van der Waals surface area contributed by atoms with Crippen LogP contribution in [0.25, 0.3) is 10.9 Å². The smallest absolute Gasteiger partial charge is 0.0486 e. The van der Waals surface area contributed by atoms with Crippen LogP contribution in [0.1, 0.15) is 17.5 Å². The van der Waals surface area contributed by atoms with Crippen LogP contribution in [0.15, 0.2) is 24.4 Å². The number of H-pyrrole nitrogens is 1. The van der Waals surface area contributed by atoms with Crippen molar-refractivity contribution in [3.8, 4) is 0 Å². The molecule has 0 bridgehead atoms. The average molecular weight is 212 g/mol. The van der Waals surface area contributed by atoms with Gasteiger partial charge in [-0.25, -0.2) is 0 Å². The highest BCUT2D eigenvalue weighted by Gasteiger charge is 2.58. The lowest BCUT2D eigenvalue weighted by Gasteiger charge is -2.10. The Kier molecular flexibility index (Phi) is 1.48. The first kappa shape index (κ1) is 8.82. The molecule has 1 saturated heterocycles. The summed E-state index contributed by atoms with van der Waals surface area (Å²) in [7, 11) is 0. The summed E-state index contributed by atoms with van der Waals surface area (Å²) in [4.78, 5) is 3.46. The zero-order valence-electron chi connectivity index (χ0n) is 9.51. The van der Waals surface area contributed by atoms with E-state index < -0.39 is 0 Å². The Morgan fingerprint density at radius 3 is 3.06 bits per heavy atom. The maximum atomic E-state index is 3.52. The number of hydrogen-bond acceptors (Lipinski definition) is 1. The van der Waals surface area contributed by atoms with Gasteiger partial charge in [0.1, 0.15) is 0 Å². The third kappa shape index (κ3) is 0.914. The number of nitrogens with one attached hydrogen (secondary N) is 2. The normalized spacial score (nSPS) is 31.9. The average Bonchev–Trinajstić information content (AvgIpc) is 2.70. The van der Waals surface area contributed by atoms with Gasteiger partial charge in [-0.3, -0.25) is 0 Å². The Balaban J connectivity index is 1.96. The van der Waals surface area contributed by atoms with Crippen molar-refractivity contribution in [2.45, 2.75) is 18.8 Å². The molecule has 2 fully saturated rings. The highest BCUT2D eigenvalue weighted by molar-refractivity contribution is 5.87. The highest BCUT2D eigenvalue weighted by Crippen LogP contribution is 2.57. The van der Waals surface area contributed by atoms with Gasteiger partial charge in [0.25, 0.3) is 0 Å². The number of piperidine rings is 1. The Hall–Kier alpha value is -1.28. The summed E-state index contributed by atoms with van der Waals surface area (Å²) < 4.78 is 0. The van der Waals surface area contributed by atoms with E-state index in [-0.39, 0.29) is 0 Å². The van der Waals surface area contributed by atoms with E-state index in [1.807, 2.05) is 0 Å². The molecule has 1 aliphatic carbocycles. The van der Waals surface area contributed by atoms with Gasteiger partial charge in [-0.05, 0) is 36.9 Å². The number of aromatic nitrogens is 1. The maximum Gasteiger partial charge on any atom is 0.0486 e. The van der Waals surface area contributed by atoms with E-state index in [0.717, 1.165) is 5.92 Å². The molecule has 2 atom stereocenters. The van der Waals surface area contributed by atoms with Crippen LogP contribution < -0.4 is 5.32 Å². The first-order chi connectivity index (χ1) is 7.81. The van der Waals surface area contributed by atoms with E-state index in [4.69, 9.17) is 0 Å². The van der Waals surface area contributed by atoms with Crippen LogP contribution in [0.4, 0.5) is 0 Å². The molecule has 2 aliphatic rings. The summed E-state index contributed by atoms with van der Waals surface area (Å²) in [5.41, 5.74) is 4.68. The zero-order chi connectivity index (χ0) is 10.8. The molecule has 2 heteroatoms. The molecule has 1 aromatic carbocycles. The zero-order valence-corrected chi connectivity index (χ0v) is 9.51. The molecule has 2 aromatic rings. The number of benzene rings is 1. The lowest BCUT2D eigenvalue weighted by Crippen LogP contribution is -2.18. The van der Waals surface area contributed by atoms with Crippen molar-refractivity contribution in [1.29, 1.82) is 0 Å². The number of para-hydroxylation sites is 1. The quantitative estimate of drug-likeness (QED) is 0.746. The summed E-state index contributed by atoms with van der Waals surface area (Å²) in [5.74, 6) is 0.881. The van der Waals surface area contributed by atoms with Crippen molar-refractivity contribution >= 4 is 10.9 Å². The minimum atomic E-state index is 0.464. The van der Waals surface area contributed by atoms with Gasteiger partial charge >= 0.3 is 0 Å². The molecule has 0 radical (unpaired) electrons. The number of hydrogen-bond donors (Lipinski definition) is 2. The van der Waals surface area contributed by atoms with Crippen LogP contribution in [-0.4, -0.2) is 18.1 Å². The molecule has 4 rings (SSSR count). The van der Waals surface area contributed by atoms with E-state index in [2.05, 4.69) is 41.6 Å². The minimum Gasteiger partial charge on any atom is -0.361 e. The van der Waals surface area contributed by atoms with Crippen molar-refractivity contribution in [1.82, 2.24) is 10.3 Å².